The zero-order valence-electron chi connectivity index (χ0n) is 19.3. The molecule has 0 aliphatic carbocycles. The molecule has 0 unspecified atom stereocenters. The maximum absolute atomic E-state index is 12.9. The molecule has 2 fully saturated rings. The number of aromatic nitrogens is 2. The number of methoxy groups -OCH3 is 1. The SMILES string of the molecule is COc1ccccc1CC(=O)N1CC[C@H](c2nc(C)c(CC(=O)N3CCCC3)c(C)n2)C1. The van der Waals surface area contributed by atoms with E-state index in [1.807, 2.05) is 47.9 Å². The predicted molar refractivity (Wildman–Crippen MR) is 122 cm³/mol. The number of rotatable bonds is 6. The summed E-state index contributed by atoms with van der Waals surface area (Å²) < 4.78 is 5.38. The molecule has 0 N–H and O–H groups in total. The van der Waals surface area contributed by atoms with Crippen molar-refractivity contribution in [3.63, 3.8) is 0 Å². The van der Waals surface area contributed by atoms with E-state index in [1.165, 1.54) is 0 Å². The maximum atomic E-state index is 12.9. The molecule has 2 amide bonds. The summed E-state index contributed by atoms with van der Waals surface area (Å²) in [6, 6.07) is 7.64. The Morgan fingerprint density at radius 1 is 0.969 bits per heavy atom. The lowest BCUT2D eigenvalue weighted by molar-refractivity contribution is -0.130. The van der Waals surface area contributed by atoms with Crippen LogP contribution in [0, 0.1) is 13.8 Å². The molecule has 0 bridgehead atoms. The van der Waals surface area contributed by atoms with Crippen LogP contribution >= 0.6 is 0 Å². The summed E-state index contributed by atoms with van der Waals surface area (Å²) in [6.45, 7) is 6.97. The monoisotopic (exact) mass is 436 g/mol. The fourth-order valence-electron chi connectivity index (χ4n) is 4.75. The molecule has 7 nitrogen and oxygen atoms in total. The maximum Gasteiger partial charge on any atom is 0.227 e. The Bertz CT molecular complexity index is 977. The summed E-state index contributed by atoms with van der Waals surface area (Å²) in [5, 5.41) is 0. The minimum Gasteiger partial charge on any atom is -0.496 e. The standard InChI is InChI=1S/C25H32N4O3/c1-17-21(15-24(31)28-11-6-7-12-28)18(2)27-25(26-17)20-10-13-29(16-20)23(30)14-19-8-4-5-9-22(19)32-3/h4-5,8-9,20H,6-7,10-16H2,1-3H3/t20-/m0/s1. The second-order valence-corrected chi connectivity index (χ2v) is 8.81. The molecule has 0 spiro atoms. The van der Waals surface area contributed by atoms with E-state index in [2.05, 4.69) is 0 Å². The second kappa shape index (κ2) is 9.67. The van der Waals surface area contributed by atoms with Crippen LogP contribution in [0.5, 0.6) is 5.75 Å². The van der Waals surface area contributed by atoms with Crippen molar-refractivity contribution in [2.45, 2.75) is 51.9 Å². The van der Waals surface area contributed by atoms with Crippen molar-refractivity contribution in [3.05, 3.63) is 52.6 Å². The van der Waals surface area contributed by atoms with Gasteiger partial charge in [-0.25, -0.2) is 9.97 Å². The Morgan fingerprint density at radius 2 is 1.62 bits per heavy atom. The molecule has 0 radical (unpaired) electrons. The lowest BCUT2D eigenvalue weighted by Gasteiger charge is -2.19. The van der Waals surface area contributed by atoms with Crippen LogP contribution in [0.4, 0.5) is 0 Å². The lowest BCUT2D eigenvalue weighted by atomic mass is 10.0. The number of carbonyl (C=O) groups excluding carboxylic acids is 2. The van der Waals surface area contributed by atoms with E-state index >= 15 is 0 Å². The molecule has 32 heavy (non-hydrogen) atoms. The average Bonchev–Trinajstić information content (AvgIpc) is 3.49. The molecule has 170 valence electrons. The van der Waals surface area contributed by atoms with Gasteiger partial charge in [-0.2, -0.15) is 0 Å². The number of amides is 2. The Hall–Kier alpha value is -2.96. The Labute approximate surface area is 189 Å². The van der Waals surface area contributed by atoms with Gasteiger partial charge in [0.05, 0.1) is 20.0 Å². The molecule has 2 aliphatic heterocycles. The molecular formula is C25H32N4O3. The van der Waals surface area contributed by atoms with Crippen LogP contribution in [0.15, 0.2) is 24.3 Å². The van der Waals surface area contributed by atoms with Gasteiger partial charge in [0.1, 0.15) is 11.6 Å². The van der Waals surface area contributed by atoms with Gasteiger partial charge in [-0.1, -0.05) is 18.2 Å². The van der Waals surface area contributed by atoms with E-state index in [4.69, 9.17) is 14.7 Å². The number of hydrogen-bond acceptors (Lipinski definition) is 5. The summed E-state index contributed by atoms with van der Waals surface area (Å²) in [7, 11) is 1.62. The van der Waals surface area contributed by atoms with Gasteiger partial charge in [0, 0.05) is 54.6 Å². The highest BCUT2D eigenvalue weighted by Crippen LogP contribution is 2.28. The van der Waals surface area contributed by atoms with Crippen molar-refractivity contribution >= 4 is 11.8 Å². The number of benzene rings is 1. The molecule has 4 rings (SSSR count). The van der Waals surface area contributed by atoms with Gasteiger partial charge in [0.2, 0.25) is 11.8 Å². The fourth-order valence-corrected chi connectivity index (χ4v) is 4.75. The zero-order valence-corrected chi connectivity index (χ0v) is 19.3. The quantitative estimate of drug-likeness (QED) is 0.696. The van der Waals surface area contributed by atoms with Crippen LogP contribution in [0.3, 0.4) is 0 Å². The van der Waals surface area contributed by atoms with E-state index in [9.17, 15) is 9.59 Å². The van der Waals surface area contributed by atoms with Gasteiger partial charge in [0.15, 0.2) is 0 Å². The van der Waals surface area contributed by atoms with Crippen molar-refractivity contribution in [2.24, 2.45) is 0 Å². The third-order valence-corrected chi connectivity index (χ3v) is 6.67. The molecule has 2 aliphatic rings. The Kier molecular flexibility index (Phi) is 6.72. The van der Waals surface area contributed by atoms with Gasteiger partial charge in [-0.05, 0) is 39.2 Å². The summed E-state index contributed by atoms with van der Waals surface area (Å²) in [4.78, 5) is 38.8. The van der Waals surface area contributed by atoms with Gasteiger partial charge in [-0.3, -0.25) is 9.59 Å². The van der Waals surface area contributed by atoms with Gasteiger partial charge < -0.3 is 14.5 Å². The van der Waals surface area contributed by atoms with E-state index < -0.39 is 0 Å². The van der Waals surface area contributed by atoms with Crippen LogP contribution in [0.1, 0.15) is 53.5 Å². The highest BCUT2D eigenvalue weighted by Gasteiger charge is 2.30. The zero-order chi connectivity index (χ0) is 22.7. The number of hydrogen-bond donors (Lipinski definition) is 0. The molecule has 2 aromatic rings. The minimum atomic E-state index is 0.0956. The Morgan fingerprint density at radius 3 is 2.31 bits per heavy atom. The van der Waals surface area contributed by atoms with Crippen molar-refractivity contribution < 1.29 is 14.3 Å². The predicted octanol–water partition coefficient (Wildman–Crippen LogP) is 2.83. The largest absolute Gasteiger partial charge is 0.496 e. The van der Waals surface area contributed by atoms with Crippen molar-refractivity contribution in [2.75, 3.05) is 33.3 Å². The molecule has 7 heteroatoms. The summed E-state index contributed by atoms with van der Waals surface area (Å²) in [5.41, 5.74) is 3.59. The molecule has 1 atom stereocenters. The van der Waals surface area contributed by atoms with Crippen LogP contribution in [0.2, 0.25) is 0 Å². The fraction of sp³-hybridized carbons (Fsp3) is 0.520. The van der Waals surface area contributed by atoms with Crippen LogP contribution in [-0.4, -0.2) is 64.9 Å². The number of likely N-dealkylation sites (tertiary alicyclic amines) is 2. The van der Waals surface area contributed by atoms with Gasteiger partial charge in [0.25, 0.3) is 0 Å². The highest BCUT2D eigenvalue weighted by molar-refractivity contribution is 5.80. The third-order valence-electron chi connectivity index (χ3n) is 6.67. The number of ether oxygens (including phenoxy) is 1. The number of nitrogens with zero attached hydrogens (tertiary/aromatic N) is 4. The molecule has 2 saturated heterocycles. The van der Waals surface area contributed by atoms with Crippen molar-refractivity contribution in [1.29, 1.82) is 0 Å². The molecule has 0 saturated carbocycles. The van der Waals surface area contributed by atoms with E-state index in [-0.39, 0.29) is 17.7 Å². The lowest BCUT2D eigenvalue weighted by Crippen LogP contribution is -2.30. The van der Waals surface area contributed by atoms with E-state index in [0.717, 1.165) is 66.4 Å². The summed E-state index contributed by atoms with van der Waals surface area (Å²) >= 11 is 0. The number of aryl methyl sites for hydroxylation is 2. The first-order valence-electron chi connectivity index (χ1n) is 11.5. The molecule has 3 heterocycles. The van der Waals surface area contributed by atoms with Gasteiger partial charge in [-0.15, -0.1) is 0 Å². The van der Waals surface area contributed by atoms with E-state index in [0.29, 0.717) is 25.9 Å². The molecule has 1 aromatic carbocycles. The molecule has 1 aromatic heterocycles. The van der Waals surface area contributed by atoms with Crippen LogP contribution < -0.4 is 4.74 Å². The normalized spacial score (nSPS) is 18.3. The number of carbonyl (C=O) groups is 2. The minimum absolute atomic E-state index is 0.0956. The highest BCUT2D eigenvalue weighted by atomic mass is 16.5. The Balaban J connectivity index is 1.41. The smallest absolute Gasteiger partial charge is 0.227 e. The second-order valence-electron chi connectivity index (χ2n) is 8.81. The average molecular weight is 437 g/mol. The van der Waals surface area contributed by atoms with Crippen molar-refractivity contribution in [3.8, 4) is 5.75 Å². The van der Waals surface area contributed by atoms with Crippen LogP contribution in [-0.2, 0) is 22.4 Å². The van der Waals surface area contributed by atoms with Gasteiger partial charge >= 0.3 is 0 Å². The summed E-state index contributed by atoms with van der Waals surface area (Å²) in [6.07, 6.45) is 3.72. The number of para-hydroxylation sites is 1. The first kappa shape index (κ1) is 22.2. The third kappa shape index (κ3) is 4.76. The first-order valence-corrected chi connectivity index (χ1v) is 11.5. The van der Waals surface area contributed by atoms with E-state index in [1.54, 1.807) is 7.11 Å². The van der Waals surface area contributed by atoms with Crippen molar-refractivity contribution in [1.82, 2.24) is 19.8 Å². The molecular weight excluding hydrogens is 404 g/mol. The van der Waals surface area contributed by atoms with Crippen LogP contribution in [0.25, 0.3) is 0 Å². The summed E-state index contributed by atoms with van der Waals surface area (Å²) in [5.74, 6) is 1.91. The topological polar surface area (TPSA) is 75.6 Å². The first-order chi connectivity index (χ1) is 15.5.